The number of fused-ring (bicyclic) bond motifs is 1. The Labute approximate surface area is 186 Å². The van der Waals surface area contributed by atoms with Crippen LogP contribution in [0.2, 0.25) is 0 Å². The summed E-state index contributed by atoms with van der Waals surface area (Å²) in [5, 5.41) is 10.3. The molecule has 2 heterocycles. The molecule has 4 rings (SSSR count). The standard InChI is InChI=1S/C21H13F3N2O6S/c1-31-15-5-4-11(22)10(17(15)24)7-32-9-2-3-12(23)14(6-9)26-19(27)16-13(25-21(26)30)8-33-18(16)20(28)29/h2-6,8H,7H2,1H3,(H,25,30)(H,28,29). The second kappa shape index (κ2) is 8.47. The molecule has 2 N–H and O–H groups in total. The van der Waals surface area contributed by atoms with E-state index in [1.54, 1.807) is 0 Å². The number of H-pyrrole nitrogens is 1. The zero-order valence-electron chi connectivity index (χ0n) is 16.6. The van der Waals surface area contributed by atoms with Crippen LogP contribution in [0.1, 0.15) is 15.2 Å². The Morgan fingerprint density at radius 3 is 2.58 bits per heavy atom. The number of carboxylic acids is 1. The van der Waals surface area contributed by atoms with E-state index in [9.17, 15) is 32.7 Å². The summed E-state index contributed by atoms with van der Waals surface area (Å²) in [6.07, 6.45) is 0. The summed E-state index contributed by atoms with van der Waals surface area (Å²) < 4.78 is 53.5. The molecule has 0 saturated heterocycles. The predicted octanol–water partition coefficient (Wildman–Crippen LogP) is 3.44. The van der Waals surface area contributed by atoms with Crippen molar-refractivity contribution in [2.75, 3.05) is 7.11 Å². The van der Waals surface area contributed by atoms with Crippen LogP contribution in [0, 0.1) is 17.5 Å². The number of thiophene rings is 1. The SMILES string of the molecule is COc1ccc(F)c(COc2ccc(F)c(-n3c(=O)[nH]c4csc(C(=O)O)c4c3=O)c2)c1F. The normalized spacial score (nSPS) is 11.0. The molecule has 0 atom stereocenters. The van der Waals surface area contributed by atoms with Crippen molar-refractivity contribution in [2.24, 2.45) is 0 Å². The fourth-order valence-corrected chi connectivity index (χ4v) is 4.02. The Morgan fingerprint density at radius 2 is 1.88 bits per heavy atom. The molecule has 33 heavy (non-hydrogen) atoms. The summed E-state index contributed by atoms with van der Waals surface area (Å²) in [7, 11) is 1.21. The van der Waals surface area contributed by atoms with E-state index in [2.05, 4.69) is 4.98 Å². The van der Waals surface area contributed by atoms with Crippen LogP contribution in [0.4, 0.5) is 13.2 Å². The van der Waals surface area contributed by atoms with Crippen molar-refractivity contribution >= 4 is 28.2 Å². The first-order valence-corrected chi connectivity index (χ1v) is 10.0. The summed E-state index contributed by atoms with van der Waals surface area (Å²) in [6.45, 7) is -0.599. The average Bonchev–Trinajstić information content (AvgIpc) is 3.20. The summed E-state index contributed by atoms with van der Waals surface area (Å²) in [5.41, 5.74) is -3.03. The van der Waals surface area contributed by atoms with Gasteiger partial charge in [0.15, 0.2) is 11.6 Å². The van der Waals surface area contributed by atoms with Crippen molar-refractivity contribution < 1.29 is 32.5 Å². The van der Waals surface area contributed by atoms with Gasteiger partial charge in [-0.15, -0.1) is 11.3 Å². The highest BCUT2D eigenvalue weighted by molar-refractivity contribution is 7.13. The van der Waals surface area contributed by atoms with Gasteiger partial charge >= 0.3 is 11.7 Å². The van der Waals surface area contributed by atoms with Crippen LogP contribution in [0.25, 0.3) is 16.6 Å². The van der Waals surface area contributed by atoms with Gasteiger partial charge in [-0.1, -0.05) is 0 Å². The number of aromatic carboxylic acids is 1. The van der Waals surface area contributed by atoms with E-state index in [1.807, 2.05) is 0 Å². The number of aromatic nitrogens is 2. The van der Waals surface area contributed by atoms with Crippen LogP contribution in [-0.2, 0) is 6.61 Å². The number of nitrogens with one attached hydrogen (secondary N) is 1. The van der Waals surface area contributed by atoms with Gasteiger partial charge in [0.25, 0.3) is 5.56 Å². The molecule has 0 aliphatic carbocycles. The average molecular weight is 478 g/mol. The van der Waals surface area contributed by atoms with Gasteiger partial charge in [0.1, 0.15) is 28.9 Å². The maximum Gasteiger partial charge on any atom is 0.346 e. The predicted molar refractivity (Wildman–Crippen MR) is 112 cm³/mol. The van der Waals surface area contributed by atoms with Crippen LogP contribution < -0.4 is 20.7 Å². The minimum atomic E-state index is -1.38. The molecule has 170 valence electrons. The molecule has 0 amide bonds. The molecule has 0 bridgehead atoms. The summed E-state index contributed by atoms with van der Waals surface area (Å²) in [6, 6.07) is 5.12. The number of carboxylic acid groups (broad SMARTS) is 1. The lowest BCUT2D eigenvalue weighted by Crippen LogP contribution is -2.34. The van der Waals surface area contributed by atoms with Crippen molar-refractivity contribution in [3.63, 3.8) is 0 Å². The number of carbonyl (C=O) groups is 1. The number of halogens is 3. The number of methoxy groups -OCH3 is 1. The molecule has 0 radical (unpaired) electrons. The molecule has 2 aromatic carbocycles. The van der Waals surface area contributed by atoms with Crippen molar-refractivity contribution in [3.8, 4) is 17.2 Å². The molecule has 0 saturated carbocycles. The largest absolute Gasteiger partial charge is 0.494 e. The van der Waals surface area contributed by atoms with Crippen LogP contribution in [0.5, 0.6) is 11.5 Å². The van der Waals surface area contributed by atoms with Crippen LogP contribution in [0.3, 0.4) is 0 Å². The maximum absolute atomic E-state index is 14.6. The van der Waals surface area contributed by atoms with Crippen LogP contribution in [0.15, 0.2) is 45.3 Å². The van der Waals surface area contributed by atoms with E-state index in [4.69, 9.17) is 9.47 Å². The lowest BCUT2D eigenvalue weighted by molar-refractivity contribution is 0.0704. The number of nitrogens with zero attached hydrogens (tertiary/aromatic N) is 1. The fourth-order valence-electron chi connectivity index (χ4n) is 3.19. The quantitative estimate of drug-likeness (QED) is 0.439. The number of benzene rings is 2. The van der Waals surface area contributed by atoms with Crippen LogP contribution in [-0.4, -0.2) is 27.7 Å². The molecule has 8 nitrogen and oxygen atoms in total. The highest BCUT2D eigenvalue weighted by atomic mass is 32.1. The third-order valence-corrected chi connectivity index (χ3v) is 5.73. The lowest BCUT2D eigenvalue weighted by Gasteiger charge is -2.12. The van der Waals surface area contributed by atoms with Gasteiger partial charge in [0.05, 0.1) is 29.3 Å². The number of ether oxygens (including phenoxy) is 2. The summed E-state index contributed by atoms with van der Waals surface area (Å²) in [5.74, 6) is -4.55. The highest BCUT2D eigenvalue weighted by Gasteiger charge is 2.21. The first-order valence-electron chi connectivity index (χ1n) is 9.16. The van der Waals surface area contributed by atoms with E-state index < -0.39 is 52.5 Å². The second-order valence-electron chi connectivity index (χ2n) is 6.67. The van der Waals surface area contributed by atoms with Gasteiger partial charge in [-0.2, -0.15) is 0 Å². The Bertz CT molecular complexity index is 1530. The Hall–Kier alpha value is -4.06. The fraction of sp³-hybridized carbons (Fsp3) is 0.0952. The van der Waals surface area contributed by atoms with E-state index >= 15 is 0 Å². The van der Waals surface area contributed by atoms with Crippen LogP contribution >= 0.6 is 11.3 Å². The number of rotatable bonds is 6. The number of hydrogen-bond acceptors (Lipinski definition) is 6. The van der Waals surface area contributed by atoms with Gasteiger partial charge < -0.3 is 19.6 Å². The van der Waals surface area contributed by atoms with Gasteiger partial charge in [0, 0.05) is 11.4 Å². The maximum atomic E-state index is 14.6. The topological polar surface area (TPSA) is 111 Å². The second-order valence-corrected chi connectivity index (χ2v) is 7.55. The molecule has 0 spiro atoms. The van der Waals surface area contributed by atoms with Crippen molar-refractivity contribution in [1.82, 2.24) is 9.55 Å². The van der Waals surface area contributed by atoms with E-state index in [0.717, 1.165) is 41.7 Å². The monoisotopic (exact) mass is 478 g/mol. The molecule has 12 heteroatoms. The number of hydrogen-bond donors (Lipinski definition) is 2. The number of aromatic amines is 1. The minimum absolute atomic E-state index is 0.000406. The molecular weight excluding hydrogens is 465 g/mol. The third-order valence-electron chi connectivity index (χ3n) is 4.76. The van der Waals surface area contributed by atoms with Crippen molar-refractivity contribution in [1.29, 1.82) is 0 Å². The van der Waals surface area contributed by atoms with Gasteiger partial charge in [0.2, 0.25) is 0 Å². The first kappa shape index (κ1) is 22.1. The summed E-state index contributed by atoms with van der Waals surface area (Å²) in [4.78, 5) is 38.8. The zero-order chi connectivity index (χ0) is 23.9. The minimum Gasteiger partial charge on any atom is -0.494 e. The van der Waals surface area contributed by atoms with Crippen molar-refractivity contribution in [2.45, 2.75) is 6.61 Å². The van der Waals surface area contributed by atoms with E-state index in [0.29, 0.717) is 4.57 Å². The van der Waals surface area contributed by atoms with E-state index in [-0.39, 0.29) is 27.3 Å². The Balaban J connectivity index is 1.77. The van der Waals surface area contributed by atoms with Gasteiger partial charge in [-0.3, -0.25) is 4.79 Å². The smallest absolute Gasteiger partial charge is 0.346 e. The Kier molecular flexibility index (Phi) is 5.68. The van der Waals surface area contributed by atoms with Gasteiger partial charge in [-0.25, -0.2) is 27.3 Å². The molecule has 2 aromatic heterocycles. The highest BCUT2D eigenvalue weighted by Crippen LogP contribution is 2.26. The van der Waals surface area contributed by atoms with E-state index in [1.165, 1.54) is 12.5 Å². The molecule has 0 fully saturated rings. The first-order chi connectivity index (χ1) is 15.7. The van der Waals surface area contributed by atoms with Gasteiger partial charge in [-0.05, 0) is 24.3 Å². The van der Waals surface area contributed by atoms with Crippen molar-refractivity contribution in [3.05, 3.63) is 84.4 Å². The molecule has 0 aliphatic rings. The third kappa shape index (κ3) is 3.84. The summed E-state index contributed by atoms with van der Waals surface area (Å²) >= 11 is 0.734. The molecular formula is C21H13F3N2O6S. The Morgan fingerprint density at radius 1 is 1.15 bits per heavy atom. The lowest BCUT2D eigenvalue weighted by atomic mass is 10.2. The molecule has 4 aromatic rings. The zero-order valence-corrected chi connectivity index (χ0v) is 17.5. The molecule has 0 unspecified atom stereocenters. The molecule has 0 aliphatic heterocycles.